The van der Waals surface area contributed by atoms with Crippen LogP contribution in [-0.4, -0.2) is 34.9 Å². The van der Waals surface area contributed by atoms with Crippen molar-refractivity contribution in [2.45, 2.75) is 25.8 Å². The zero-order valence-electron chi connectivity index (χ0n) is 15.3. The number of H-pyrrole nitrogens is 1. The van der Waals surface area contributed by atoms with Gasteiger partial charge in [-0.2, -0.15) is 0 Å². The smallest absolute Gasteiger partial charge is 0.251 e. The number of amides is 2. The number of carbonyl (C=O) groups is 2. The Bertz CT molecular complexity index is 901. The summed E-state index contributed by atoms with van der Waals surface area (Å²) in [4.78, 5) is 32.5. The fourth-order valence-corrected chi connectivity index (χ4v) is 2.76. The standard InChI is InChI=1S/C20H22N4O3/c1-3-6-17(21-18(25)13-9-11-14(27-2)12-10-13)19(26)24-20-22-15-7-4-5-8-16(15)23-20/h4-5,7-12,17H,3,6H2,1-2H3,(H,21,25)(H2,22,23,24,26)/t17-/m1/s1. The van der Waals surface area contributed by atoms with Gasteiger partial charge in [0.25, 0.3) is 5.91 Å². The topological polar surface area (TPSA) is 96.1 Å². The van der Waals surface area contributed by atoms with Gasteiger partial charge in [0.05, 0.1) is 18.1 Å². The van der Waals surface area contributed by atoms with Crippen molar-refractivity contribution < 1.29 is 14.3 Å². The number of aromatic nitrogens is 2. The highest BCUT2D eigenvalue weighted by Crippen LogP contribution is 2.15. The largest absolute Gasteiger partial charge is 0.497 e. The van der Waals surface area contributed by atoms with Gasteiger partial charge in [0.1, 0.15) is 11.8 Å². The number of rotatable bonds is 7. The predicted octanol–water partition coefficient (Wildman–Crippen LogP) is 3.11. The van der Waals surface area contributed by atoms with E-state index in [1.165, 1.54) is 0 Å². The van der Waals surface area contributed by atoms with Gasteiger partial charge in [-0.25, -0.2) is 4.98 Å². The number of hydrogen-bond donors (Lipinski definition) is 3. The van der Waals surface area contributed by atoms with Crippen LogP contribution in [0.25, 0.3) is 11.0 Å². The maximum atomic E-state index is 12.6. The molecule has 2 aromatic carbocycles. The highest BCUT2D eigenvalue weighted by Gasteiger charge is 2.21. The Kier molecular flexibility index (Phi) is 5.71. The number of hydrogen-bond acceptors (Lipinski definition) is 4. The minimum Gasteiger partial charge on any atom is -0.497 e. The highest BCUT2D eigenvalue weighted by atomic mass is 16.5. The average Bonchev–Trinajstić information content (AvgIpc) is 3.09. The van der Waals surface area contributed by atoms with Gasteiger partial charge in [0.15, 0.2) is 0 Å². The van der Waals surface area contributed by atoms with Crippen molar-refractivity contribution in [3.8, 4) is 5.75 Å². The first-order valence-corrected chi connectivity index (χ1v) is 8.81. The molecule has 0 spiro atoms. The number of nitrogens with one attached hydrogen (secondary N) is 3. The molecule has 1 atom stereocenters. The van der Waals surface area contributed by atoms with E-state index < -0.39 is 6.04 Å². The van der Waals surface area contributed by atoms with Crippen LogP contribution in [0.15, 0.2) is 48.5 Å². The number of ether oxygens (including phenoxy) is 1. The third-order valence-electron chi connectivity index (χ3n) is 4.18. The fourth-order valence-electron chi connectivity index (χ4n) is 2.76. The van der Waals surface area contributed by atoms with Crippen molar-refractivity contribution in [3.63, 3.8) is 0 Å². The summed E-state index contributed by atoms with van der Waals surface area (Å²) in [5.74, 6) is 0.411. The SMILES string of the molecule is CCC[C@@H](NC(=O)c1ccc(OC)cc1)C(=O)Nc1nc2ccccc2[nH]1. The molecular formula is C20H22N4O3. The number of methoxy groups -OCH3 is 1. The van der Waals surface area contributed by atoms with E-state index in [0.29, 0.717) is 23.7 Å². The predicted molar refractivity (Wildman–Crippen MR) is 104 cm³/mol. The molecule has 140 valence electrons. The second-order valence-electron chi connectivity index (χ2n) is 6.14. The van der Waals surface area contributed by atoms with Crippen molar-refractivity contribution >= 4 is 28.8 Å². The minimum absolute atomic E-state index is 0.308. The Morgan fingerprint density at radius 1 is 1.15 bits per heavy atom. The zero-order chi connectivity index (χ0) is 19.2. The lowest BCUT2D eigenvalue weighted by molar-refractivity contribution is -0.118. The lowest BCUT2D eigenvalue weighted by Crippen LogP contribution is -2.43. The minimum atomic E-state index is -0.655. The zero-order valence-corrected chi connectivity index (χ0v) is 15.3. The van der Waals surface area contributed by atoms with Crippen molar-refractivity contribution in [1.29, 1.82) is 0 Å². The van der Waals surface area contributed by atoms with Crippen LogP contribution >= 0.6 is 0 Å². The van der Waals surface area contributed by atoms with E-state index in [2.05, 4.69) is 20.6 Å². The number of aromatic amines is 1. The summed E-state index contributed by atoms with van der Waals surface area (Å²) >= 11 is 0. The molecular weight excluding hydrogens is 344 g/mol. The summed E-state index contributed by atoms with van der Waals surface area (Å²) in [5.41, 5.74) is 2.07. The normalized spacial score (nSPS) is 11.8. The van der Waals surface area contributed by atoms with E-state index in [-0.39, 0.29) is 11.8 Å². The first-order chi connectivity index (χ1) is 13.1. The second-order valence-corrected chi connectivity index (χ2v) is 6.14. The van der Waals surface area contributed by atoms with Crippen molar-refractivity contribution in [1.82, 2.24) is 15.3 Å². The van der Waals surface area contributed by atoms with Gasteiger partial charge in [0.2, 0.25) is 11.9 Å². The maximum Gasteiger partial charge on any atom is 0.251 e. The molecule has 3 aromatic rings. The first-order valence-electron chi connectivity index (χ1n) is 8.81. The highest BCUT2D eigenvalue weighted by molar-refractivity contribution is 6.01. The molecule has 1 aromatic heterocycles. The van der Waals surface area contributed by atoms with Crippen LogP contribution in [0.4, 0.5) is 5.95 Å². The number of nitrogens with zero attached hydrogens (tertiary/aromatic N) is 1. The van der Waals surface area contributed by atoms with E-state index in [1.54, 1.807) is 31.4 Å². The molecule has 3 N–H and O–H groups in total. The third kappa shape index (κ3) is 4.44. The molecule has 3 rings (SSSR count). The maximum absolute atomic E-state index is 12.6. The molecule has 0 saturated heterocycles. The second kappa shape index (κ2) is 8.35. The van der Waals surface area contributed by atoms with Crippen molar-refractivity contribution in [3.05, 3.63) is 54.1 Å². The molecule has 2 amide bonds. The molecule has 0 radical (unpaired) electrons. The summed E-state index contributed by atoms with van der Waals surface area (Å²) in [7, 11) is 1.56. The van der Waals surface area contributed by atoms with Gasteiger partial charge >= 0.3 is 0 Å². The van der Waals surface area contributed by atoms with Gasteiger partial charge in [-0.1, -0.05) is 25.5 Å². The van der Waals surface area contributed by atoms with E-state index in [9.17, 15) is 9.59 Å². The van der Waals surface area contributed by atoms with Gasteiger partial charge in [-0.3, -0.25) is 14.9 Å². The Labute approximate surface area is 157 Å². The molecule has 0 aliphatic carbocycles. The molecule has 0 aliphatic rings. The summed E-state index contributed by atoms with van der Waals surface area (Å²) in [6.45, 7) is 1.96. The lowest BCUT2D eigenvalue weighted by atomic mass is 10.1. The molecule has 7 nitrogen and oxygen atoms in total. The molecule has 0 unspecified atom stereocenters. The van der Waals surface area contributed by atoms with E-state index >= 15 is 0 Å². The number of fused-ring (bicyclic) bond motifs is 1. The number of benzene rings is 2. The van der Waals surface area contributed by atoms with Crippen molar-refractivity contribution in [2.75, 3.05) is 12.4 Å². The Balaban J connectivity index is 1.69. The van der Waals surface area contributed by atoms with Gasteiger partial charge in [-0.15, -0.1) is 0 Å². The van der Waals surface area contributed by atoms with Crippen molar-refractivity contribution in [2.24, 2.45) is 0 Å². The fraction of sp³-hybridized carbons (Fsp3) is 0.250. The van der Waals surface area contributed by atoms with Gasteiger partial charge in [-0.05, 0) is 42.8 Å². The molecule has 7 heteroatoms. The molecule has 0 fully saturated rings. The summed E-state index contributed by atoms with van der Waals surface area (Å²) in [5, 5.41) is 5.54. The van der Waals surface area contributed by atoms with E-state index in [0.717, 1.165) is 17.5 Å². The van der Waals surface area contributed by atoms with Crippen LogP contribution in [0.3, 0.4) is 0 Å². The van der Waals surface area contributed by atoms with Gasteiger partial charge in [0, 0.05) is 5.56 Å². The molecule has 0 saturated carbocycles. The monoisotopic (exact) mass is 366 g/mol. The number of anilines is 1. The quantitative estimate of drug-likeness (QED) is 0.599. The van der Waals surface area contributed by atoms with Gasteiger partial charge < -0.3 is 15.0 Å². The Morgan fingerprint density at radius 2 is 1.89 bits per heavy atom. The molecule has 0 bridgehead atoms. The molecule has 27 heavy (non-hydrogen) atoms. The summed E-state index contributed by atoms with van der Waals surface area (Å²) in [6.07, 6.45) is 1.27. The summed E-state index contributed by atoms with van der Waals surface area (Å²) < 4.78 is 5.09. The summed E-state index contributed by atoms with van der Waals surface area (Å²) in [6, 6.07) is 13.6. The van der Waals surface area contributed by atoms with Crippen LogP contribution in [0.1, 0.15) is 30.1 Å². The lowest BCUT2D eigenvalue weighted by Gasteiger charge is -2.17. The number of para-hydroxylation sites is 2. The van der Waals surface area contributed by atoms with Crippen LogP contribution in [0, 0.1) is 0 Å². The van der Waals surface area contributed by atoms with Crippen LogP contribution in [0.5, 0.6) is 5.75 Å². The van der Waals surface area contributed by atoms with Crippen LogP contribution < -0.4 is 15.4 Å². The number of carbonyl (C=O) groups excluding carboxylic acids is 2. The number of imidazole rings is 1. The third-order valence-corrected chi connectivity index (χ3v) is 4.18. The van der Waals surface area contributed by atoms with E-state index in [1.807, 2.05) is 31.2 Å². The Hall–Kier alpha value is -3.35. The van der Waals surface area contributed by atoms with Crippen LogP contribution in [-0.2, 0) is 4.79 Å². The first kappa shape index (κ1) is 18.4. The van der Waals surface area contributed by atoms with Crippen LogP contribution in [0.2, 0.25) is 0 Å². The van der Waals surface area contributed by atoms with E-state index in [4.69, 9.17) is 4.74 Å². The molecule has 1 heterocycles. The molecule has 0 aliphatic heterocycles. The Morgan fingerprint density at radius 3 is 2.56 bits per heavy atom. The average molecular weight is 366 g/mol.